The molecule has 1 heterocycles. The molecule has 0 radical (unpaired) electrons. The first-order valence-electron chi connectivity index (χ1n) is 9.60. The quantitative estimate of drug-likeness (QED) is 0.491. The van der Waals surface area contributed by atoms with Crippen molar-refractivity contribution in [3.8, 4) is 0 Å². The number of hydrogen-bond donors (Lipinski definition) is 0. The first-order chi connectivity index (χ1) is 12.4. The van der Waals surface area contributed by atoms with Gasteiger partial charge in [0.25, 0.3) is 5.91 Å². The summed E-state index contributed by atoms with van der Waals surface area (Å²) in [4.78, 5) is 26.4. The van der Waals surface area contributed by atoms with E-state index in [4.69, 9.17) is 9.16 Å². The summed E-state index contributed by atoms with van der Waals surface area (Å²) in [5.74, 6) is -0.131. The van der Waals surface area contributed by atoms with E-state index in [0.717, 1.165) is 23.7 Å². The monoisotopic (exact) mass is 377 g/mol. The minimum Gasteiger partial charge on any atom is -0.444 e. The van der Waals surface area contributed by atoms with Crippen LogP contribution in [-0.4, -0.2) is 37.4 Å². The van der Waals surface area contributed by atoms with E-state index < -0.39 is 20.5 Å². The molecule has 2 unspecified atom stereocenters. The standard InChI is InChI=1S/C20H31NO4Si/c1-6-26(7-2,8-3)25-18-17(15(4)5)21(19(18)22)20(23)24-14-16-12-10-9-11-13-16/h9-13,15,17-18H,6-8,14H2,1-5H3. The summed E-state index contributed by atoms with van der Waals surface area (Å²) in [5, 5.41) is 0. The Bertz CT molecular complexity index is 607. The van der Waals surface area contributed by atoms with Crippen LogP contribution in [0.4, 0.5) is 4.79 Å². The molecule has 2 amide bonds. The van der Waals surface area contributed by atoms with Crippen LogP contribution in [0.2, 0.25) is 18.1 Å². The van der Waals surface area contributed by atoms with Gasteiger partial charge in [0.05, 0.1) is 6.04 Å². The maximum Gasteiger partial charge on any atom is 0.417 e. The van der Waals surface area contributed by atoms with E-state index in [2.05, 4.69) is 20.8 Å². The van der Waals surface area contributed by atoms with Gasteiger partial charge in [-0.1, -0.05) is 65.0 Å². The van der Waals surface area contributed by atoms with Gasteiger partial charge in [-0.15, -0.1) is 0 Å². The molecular weight excluding hydrogens is 346 g/mol. The molecule has 1 aromatic rings. The fourth-order valence-electron chi connectivity index (χ4n) is 3.52. The maximum absolute atomic E-state index is 12.7. The molecule has 1 aliphatic heterocycles. The molecule has 1 fully saturated rings. The summed E-state index contributed by atoms with van der Waals surface area (Å²) < 4.78 is 11.8. The second-order valence-electron chi connectivity index (χ2n) is 7.27. The number of hydrogen-bond acceptors (Lipinski definition) is 4. The Kier molecular flexibility index (Phi) is 7.00. The van der Waals surface area contributed by atoms with E-state index >= 15 is 0 Å². The Hall–Kier alpha value is -1.66. The Balaban J connectivity index is 2.05. The number of amides is 2. The minimum atomic E-state index is -1.91. The summed E-state index contributed by atoms with van der Waals surface area (Å²) in [7, 11) is -1.91. The van der Waals surface area contributed by atoms with Gasteiger partial charge in [-0.2, -0.15) is 0 Å². The summed E-state index contributed by atoms with van der Waals surface area (Å²) in [6.07, 6.45) is -1.08. The van der Waals surface area contributed by atoms with Gasteiger partial charge in [-0.05, 0) is 29.6 Å². The molecule has 1 aliphatic rings. The lowest BCUT2D eigenvalue weighted by Crippen LogP contribution is -2.71. The highest BCUT2D eigenvalue weighted by atomic mass is 28.4. The van der Waals surface area contributed by atoms with Gasteiger partial charge in [-0.3, -0.25) is 4.79 Å². The van der Waals surface area contributed by atoms with Gasteiger partial charge < -0.3 is 9.16 Å². The zero-order chi connectivity index (χ0) is 19.3. The summed E-state index contributed by atoms with van der Waals surface area (Å²) in [6.45, 7) is 10.6. The van der Waals surface area contributed by atoms with E-state index in [9.17, 15) is 9.59 Å². The molecule has 0 N–H and O–H groups in total. The highest BCUT2D eigenvalue weighted by Crippen LogP contribution is 2.35. The highest BCUT2D eigenvalue weighted by molar-refractivity contribution is 6.73. The van der Waals surface area contributed by atoms with Crippen LogP contribution in [0.1, 0.15) is 40.2 Å². The van der Waals surface area contributed by atoms with Crippen LogP contribution in [0.5, 0.6) is 0 Å². The van der Waals surface area contributed by atoms with Gasteiger partial charge >= 0.3 is 6.09 Å². The van der Waals surface area contributed by atoms with E-state index in [1.54, 1.807) is 0 Å². The molecule has 0 aliphatic carbocycles. The largest absolute Gasteiger partial charge is 0.444 e. The van der Waals surface area contributed by atoms with Gasteiger partial charge in [0, 0.05) is 0 Å². The van der Waals surface area contributed by atoms with Crippen LogP contribution in [0.15, 0.2) is 30.3 Å². The van der Waals surface area contributed by atoms with Gasteiger partial charge in [0.1, 0.15) is 12.7 Å². The Morgan fingerprint density at radius 3 is 2.19 bits per heavy atom. The molecule has 6 heteroatoms. The number of imide groups is 1. The topological polar surface area (TPSA) is 55.8 Å². The van der Waals surface area contributed by atoms with Crippen molar-refractivity contribution in [2.24, 2.45) is 5.92 Å². The maximum atomic E-state index is 12.7. The van der Waals surface area contributed by atoms with Crippen molar-refractivity contribution < 1.29 is 18.8 Å². The van der Waals surface area contributed by atoms with Crippen LogP contribution in [0, 0.1) is 5.92 Å². The van der Waals surface area contributed by atoms with Gasteiger partial charge in [0.15, 0.2) is 8.32 Å². The van der Waals surface area contributed by atoms with Crippen LogP contribution in [0.25, 0.3) is 0 Å². The number of β-lactam (4-membered cyclic amide) rings is 1. The van der Waals surface area contributed by atoms with Crippen molar-refractivity contribution in [1.82, 2.24) is 4.90 Å². The number of nitrogens with zero attached hydrogens (tertiary/aromatic N) is 1. The van der Waals surface area contributed by atoms with Crippen molar-refractivity contribution in [1.29, 1.82) is 0 Å². The molecule has 2 rings (SSSR count). The smallest absolute Gasteiger partial charge is 0.417 e. The number of ether oxygens (including phenoxy) is 1. The van der Waals surface area contributed by atoms with Crippen LogP contribution in [-0.2, 0) is 20.6 Å². The number of rotatable bonds is 8. The predicted octanol–water partition coefficient (Wildman–Crippen LogP) is 4.58. The molecule has 1 aromatic carbocycles. The molecular formula is C20H31NO4Si. The first-order valence-corrected chi connectivity index (χ1v) is 12.1. The van der Waals surface area contributed by atoms with E-state index in [1.807, 2.05) is 44.2 Å². The Morgan fingerprint density at radius 1 is 1.12 bits per heavy atom. The van der Waals surface area contributed by atoms with Crippen LogP contribution >= 0.6 is 0 Å². The summed E-state index contributed by atoms with van der Waals surface area (Å²) in [6, 6.07) is 12.2. The molecule has 0 bridgehead atoms. The van der Waals surface area contributed by atoms with E-state index in [1.165, 1.54) is 4.90 Å². The van der Waals surface area contributed by atoms with Gasteiger partial charge in [-0.25, -0.2) is 9.69 Å². The summed E-state index contributed by atoms with van der Waals surface area (Å²) in [5.41, 5.74) is 0.900. The Morgan fingerprint density at radius 2 is 1.69 bits per heavy atom. The number of carbonyl (C=O) groups excluding carboxylic acids is 2. The average molecular weight is 378 g/mol. The van der Waals surface area contributed by atoms with Crippen molar-refractivity contribution >= 4 is 20.3 Å². The zero-order valence-electron chi connectivity index (χ0n) is 16.5. The molecule has 5 nitrogen and oxygen atoms in total. The van der Waals surface area contributed by atoms with Crippen LogP contribution < -0.4 is 0 Å². The molecule has 26 heavy (non-hydrogen) atoms. The number of benzene rings is 1. The normalized spacial score (nSPS) is 20.2. The third-order valence-corrected chi connectivity index (χ3v) is 10.1. The lowest BCUT2D eigenvalue weighted by Gasteiger charge is -2.49. The lowest BCUT2D eigenvalue weighted by molar-refractivity contribution is -0.163. The summed E-state index contributed by atoms with van der Waals surface area (Å²) >= 11 is 0. The van der Waals surface area contributed by atoms with Crippen molar-refractivity contribution in [2.75, 3.05) is 0 Å². The number of likely N-dealkylation sites (tertiary alicyclic amines) is 1. The van der Waals surface area contributed by atoms with Gasteiger partial charge in [0.2, 0.25) is 0 Å². The minimum absolute atomic E-state index is 0.124. The fourth-order valence-corrected chi connectivity index (χ4v) is 6.30. The van der Waals surface area contributed by atoms with Crippen molar-refractivity contribution in [3.05, 3.63) is 35.9 Å². The predicted molar refractivity (Wildman–Crippen MR) is 104 cm³/mol. The van der Waals surface area contributed by atoms with Crippen molar-refractivity contribution in [2.45, 2.75) is 71.5 Å². The third-order valence-electron chi connectivity index (χ3n) is 5.48. The molecule has 1 saturated heterocycles. The molecule has 144 valence electrons. The second-order valence-corrected chi connectivity index (χ2v) is 12.0. The molecule has 0 saturated carbocycles. The molecule has 0 spiro atoms. The zero-order valence-corrected chi connectivity index (χ0v) is 17.5. The third kappa shape index (κ3) is 4.18. The number of carbonyl (C=O) groups is 2. The fraction of sp³-hybridized carbons (Fsp3) is 0.600. The highest BCUT2D eigenvalue weighted by Gasteiger charge is 2.55. The SMILES string of the molecule is CC[Si](CC)(CC)OC1C(=O)N(C(=O)OCc2ccccc2)C1C(C)C. The Labute approximate surface area is 157 Å². The second kappa shape index (κ2) is 8.82. The van der Waals surface area contributed by atoms with Crippen molar-refractivity contribution in [3.63, 3.8) is 0 Å². The van der Waals surface area contributed by atoms with E-state index in [-0.39, 0.29) is 24.5 Å². The van der Waals surface area contributed by atoms with E-state index in [0.29, 0.717) is 0 Å². The molecule has 2 atom stereocenters. The average Bonchev–Trinajstić information content (AvgIpc) is 2.66. The molecule has 0 aromatic heterocycles. The van der Waals surface area contributed by atoms with Crippen LogP contribution in [0.3, 0.4) is 0 Å². The first kappa shape index (κ1) is 20.6. The lowest BCUT2D eigenvalue weighted by atomic mass is 9.89.